The van der Waals surface area contributed by atoms with Crippen molar-refractivity contribution in [2.45, 2.75) is 0 Å². The van der Waals surface area contributed by atoms with E-state index in [1.165, 1.54) is 22.7 Å². The van der Waals surface area contributed by atoms with Crippen LogP contribution in [0.25, 0.3) is 9.40 Å². The number of nitrogens with one attached hydrogen (secondary N) is 1. The van der Waals surface area contributed by atoms with E-state index in [-0.39, 0.29) is 0 Å². The van der Waals surface area contributed by atoms with Crippen LogP contribution in [0.1, 0.15) is 0 Å². The van der Waals surface area contributed by atoms with E-state index in [2.05, 4.69) is 0 Å². The molecule has 0 saturated heterocycles. The van der Waals surface area contributed by atoms with Crippen molar-refractivity contribution in [3.05, 3.63) is 27.2 Å². The molecular weight excluding hydrogens is 198 g/mol. The zero-order chi connectivity index (χ0) is 7.84. The van der Waals surface area contributed by atoms with Gasteiger partial charge in [0.2, 0.25) is 0 Å². The van der Waals surface area contributed by atoms with Gasteiger partial charge < -0.3 is 0 Å². The van der Waals surface area contributed by atoms with Crippen LogP contribution in [0.15, 0.2) is 18.2 Å². The van der Waals surface area contributed by atoms with Gasteiger partial charge >= 0.3 is 0 Å². The Balaban J connectivity index is 2.92. The second-order valence-electron chi connectivity index (χ2n) is 2.08. The van der Waals surface area contributed by atoms with Crippen LogP contribution in [0.3, 0.4) is 0 Å². The Kier molecular flexibility index (Phi) is 1.71. The molecule has 0 aliphatic rings. The summed E-state index contributed by atoms with van der Waals surface area (Å²) in [5.74, 6) is 0. The maximum atomic E-state index is 7.39. The summed E-state index contributed by atoms with van der Waals surface area (Å²) in [7, 11) is 0. The third-order valence-electron chi connectivity index (χ3n) is 1.31. The monoisotopic (exact) mass is 201 g/mol. The summed E-state index contributed by atoms with van der Waals surface area (Å²) in [5, 5.41) is 8.13. The molecule has 11 heavy (non-hydrogen) atoms. The highest BCUT2D eigenvalue weighted by molar-refractivity contribution is 7.35. The summed E-state index contributed by atoms with van der Waals surface area (Å²) in [6, 6.07) is 5.71. The van der Waals surface area contributed by atoms with Gasteiger partial charge in [-0.1, -0.05) is 11.6 Å². The Morgan fingerprint density at radius 1 is 1.18 bits per heavy atom. The lowest BCUT2D eigenvalue weighted by Gasteiger charge is -1.86. The van der Waals surface area contributed by atoms with E-state index < -0.39 is 0 Å². The number of benzene rings is 1. The fraction of sp³-hybridized carbons (Fsp3) is 0. The van der Waals surface area contributed by atoms with Crippen molar-refractivity contribution in [1.29, 1.82) is 5.41 Å². The van der Waals surface area contributed by atoms with Crippen LogP contribution >= 0.6 is 34.3 Å². The molecule has 1 N–H and O–H groups in total. The number of rotatable bonds is 0. The zero-order valence-electron chi connectivity index (χ0n) is 5.43. The SMILES string of the molecule is N=c1sc2ccc(Cl)cc2s1. The van der Waals surface area contributed by atoms with Gasteiger partial charge in [0.1, 0.15) is 0 Å². The highest BCUT2D eigenvalue weighted by Crippen LogP contribution is 2.24. The molecule has 0 radical (unpaired) electrons. The van der Waals surface area contributed by atoms with Gasteiger partial charge in [0.05, 0.1) is 0 Å². The average Bonchev–Trinajstić information content (AvgIpc) is 2.27. The van der Waals surface area contributed by atoms with Crippen molar-refractivity contribution in [2.75, 3.05) is 0 Å². The molecule has 0 unspecified atom stereocenters. The fourth-order valence-corrected chi connectivity index (χ4v) is 3.11. The Hall–Kier alpha value is -0.380. The topological polar surface area (TPSA) is 23.9 Å². The minimum atomic E-state index is 0.627. The van der Waals surface area contributed by atoms with Gasteiger partial charge in [0.25, 0.3) is 0 Å². The van der Waals surface area contributed by atoms with Crippen LogP contribution < -0.4 is 3.98 Å². The van der Waals surface area contributed by atoms with E-state index in [4.69, 9.17) is 17.0 Å². The van der Waals surface area contributed by atoms with Crippen LogP contribution in [0.4, 0.5) is 0 Å². The maximum absolute atomic E-state index is 7.39. The Bertz CT molecular complexity index is 443. The molecular formula is C7H4ClNS2. The van der Waals surface area contributed by atoms with Crippen molar-refractivity contribution >= 4 is 43.7 Å². The van der Waals surface area contributed by atoms with Crippen LogP contribution in [-0.2, 0) is 0 Å². The quantitative estimate of drug-likeness (QED) is 0.678. The van der Waals surface area contributed by atoms with Gasteiger partial charge in [-0.15, -0.1) is 22.7 Å². The molecule has 2 rings (SSSR count). The highest BCUT2D eigenvalue weighted by atomic mass is 35.5. The van der Waals surface area contributed by atoms with Crippen molar-refractivity contribution in [3.63, 3.8) is 0 Å². The van der Waals surface area contributed by atoms with Gasteiger partial charge in [0.15, 0.2) is 3.98 Å². The molecule has 0 fully saturated rings. The molecule has 2 aromatic rings. The lowest BCUT2D eigenvalue weighted by Crippen LogP contribution is -1.73. The van der Waals surface area contributed by atoms with Gasteiger partial charge in [-0.2, -0.15) is 0 Å². The second-order valence-corrected chi connectivity index (χ2v) is 4.88. The molecule has 0 spiro atoms. The smallest absolute Gasteiger partial charge is 0.164 e. The molecule has 0 atom stereocenters. The van der Waals surface area contributed by atoms with Gasteiger partial charge in [0, 0.05) is 14.4 Å². The van der Waals surface area contributed by atoms with Crippen molar-refractivity contribution in [1.82, 2.24) is 0 Å². The number of hydrogen-bond acceptors (Lipinski definition) is 3. The van der Waals surface area contributed by atoms with E-state index >= 15 is 0 Å². The minimum absolute atomic E-state index is 0.627. The summed E-state index contributed by atoms with van der Waals surface area (Å²) in [4.78, 5) is 0. The second kappa shape index (κ2) is 2.59. The zero-order valence-corrected chi connectivity index (χ0v) is 7.82. The molecule has 1 nitrogen and oxygen atoms in total. The Labute approximate surface area is 76.4 Å². The average molecular weight is 202 g/mol. The van der Waals surface area contributed by atoms with Gasteiger partial charge in [-0.3, -0.25) is 5.41 Å². The number of fused-ring (bicyclic) bond motifs is 1. The van der Waals surface area contributed by atoms with Crippen LogP contribution in [-0.4, -0.2) is 0 Å². The summed E-state index contributed by atoms with van der Waals surface area (Å²) >= 11 is 8.73. The van der Waals surface area contributed by atoms with E-state index in [1.54, 1.807) is 0 Å². The third kappa shape index (κ3) is 1.31. The van der Waals surface area contributed by atoms with E-state index in [1.807, 2.05) is 18.2 Å². The molecule has 0 amide bonds. The van der Waals surface area contributed by atoms with Gasteiger partial charge in [-0.25, -0.2) is 0 Å². The number of halogens is 1. The first-order valence-corrected chi connectivity index (χ1v) is 5.00. The van der Waals surface area contributed by atoms with Crippen molar-refractivity contribution in [3.8, 4) is 0 Å². The van der Waals surface area contributed by atoms with Gasteiger partial charge in [-0.05, 0) is 18.2 Å². The summed E-state index contributed by atoms with van der Waals surface area (Å²) in [6.45, 7) is 0. The number of hydrogen-bond donors (Lipinski definition) is 1. The van der Waals surface area contributed by atoms with E-state index in [9.17, 15) is 0 Å². The van der Waals surface area contributed by atoms with E-state index in [0.717, 1.165) is 14.4 Å². The Morgan fingerprint density at radius 2 is 1.91 bits per heavy atom. The minimum Gasteiger partial charge on any atom is -0.281 e. The molecule has 0 bridgehead atoms. The molecule has 1 heterocycles. The molecule has 1 aromatic carbocycles. The normalized spacial score (nSPS) is 10.6. The largest absolute Gasteiger partial charge is 0.281 e. The standard InChI is InChI=1S/C7H4ClNS2/c8-4-1-2-5-6(3-4)11-7(9)10-5/h1-3,9H. The Morgan fingerprint density at radius 3 is 2.73 bits per heavy atom. The lowest BCUT2D eigenvalue weighted by molar-refractivity contribution is 1.41. The summed E-state index contributed by atoms with van der Waals surface area (Å²) in [5.41, 5.74) is 0. The molecule has 1 aromatic heterocycles. The van der Waals surface area contributed by atoms with E-state index in [0.29, 0.717) is 3.98 Å². The van der Waals surface area contributed by atoms with Crippen LogP contribution in [0, 0.1) is 5.41 Å². The van der Waals surface area contributed by atoms with Crippen LogP contribution in [0.5, 0.6) is 0 Å². The molecule has 0 saturated carbocycles. The first kappa shape index (κ1) is 7.28. The van der Waals surface area contributed by atoms with Crippen molar-refractivity contribution < 1.29 is 0 Å². The molecule has 0 aliphatic heterocycles. The summed E-state index contributed by atoms with van der Waals surface area (Å²) < 4.78 is 2.87. The third-order valence-corrected chi connectivity index (χ3v) is 3.68. The molecule has 4 heteroatoms. The van der Waals surface area contributed by atoms with Crippen molar-refractivity contribution in [2.24, 2.45) is 0 Å². The molecule has 0 aliphatic carbocycles. The highest BCUT2D eigenvalue weighted by Gasteiger charge is 1.97. The summed E-state index contributed by atoms with van der Waals surface area (Å²) in [6.07, 6.45) is 0. The maximum Gasteiger partial charge on any atom is 0.164 e. The fourth-order valence-electron chi connectivity index (χ4n) is 0.867. The lowest BCUT2D eigenvalue weighted by atomic mass is 10.4. The predicted octanol–water partition coefficient (Wildman–Crippen LogP) is 3.10. The molecule has 56 valence electrons. The predicted molar refractivity (Wildman–Crippen MR) is 50.6 cm³/mol. The first-order chi connectivity index (χ1) is 5.25. The first-order valence-electron chi connectivity index (χ1n) is 2.99. The van der Waals surface area contributed by atoms with Crippen LogP contribution in [0.2, 0.25) is 5.02 Å².